The molecular weight excluding hydrogens is 262 g/mol. The van der Waals surface area contributed by atoms with Crippen molar-refractivity contribution in [1.82, 2.24) is 4.90 Å². The van der Waals surface area contributed by atoms with Crippen LogP contribution in [0.15, 0.2) is 24.3 Å². The molecule has 2 aliphatic heterocycles. The molecule has 0 N–H and O–H groups in total. The summed E-state index contributed by atoms with van der Waals surface area (Å²) < 4.78 is 5.79. The number of carbonyl (C=O) groups excluding carboxylic acids is 1. The van der Waals surface area contributed by atoms with Crippen molar-refractivity contribution in [2.75, 3.05) is 19.6 Å². The summed E-state index contributed by atoms with van der Waals surface area (Å²) in [4.78, 5) is 14.5. The number of likely N-dealkylation sites (tertiary alicyclic amines) is 1. The normalized spacial score (nSPS) is 26.6. The second-order valence-electron chi connectivity index (χ2n) is 5.37. The number of hydrogen-bond donors (Lipinski definition) is 0. The van der Waals surface area contributed by atoms with E-state index in [0.29, 0.717) is 29.2 Å². The second-order valence-corrected chi connectivity index (χ2v) is 5.78. The van der Waals surface area contributed by atoms with E-state index in [0.717, 1.165) is 19.6 Å². The number of hydrogen-bond acceptors (Lipinski definition) is 3. The third kappa shape index (κ3) is 2.99. The molecule has 2 atom stereocenters. The summed E-state index contributed by atoms with van der Waals surface area (Å²) in [6.07, 6.45) is 3.63. The molecule has 3 rings (SSSR count). The quantitative estimate of drug-likeness (QED) is 0.794. The van der Waals surface area contributed by atoms with Crippen LogP contribution >= 0.6 is 11.6 Å². The van der Waals surface area contributed by atoms with Crippen LogP contribution in [0.3, 0.4) is 0 Å². The molecule has 0 spiro atoms. The highest BCUT2D eigenvalue weighted by Crippen LogP contribution is 2.26. The molecule has 0 radical (unpaired) electrons. The van der Waals surface area contributed by atoms with Crippen molar-refractivity contribution < 1.29 is 9.53 Å². The fourth-order valence-electron chi connectivity index (χ4n) is 2.96. The minimum Gasteiger partial charge on any atom is -0.372 e. The standard InChI is InChI=1S/C15H18ClNO2/c16-14-4-2-1-3-13(14)15(18)7-8-17-9-11-5-6-12(10-17)19-11/h1-4,11-12H,5-10H2. The Bertz CT molecular complexity index is 465. The zero-order chi connectivity index (χ0) is 13.2. The SMILES string of the molecule is O=C(CCN1CC2CCC(C1)O2)c1ccccc1Cl. The Kier molecular flexibility index (Phi) is 3.87. The maximum atomic E-state index is 12.1. The van der Waals surface area contributed by atoms with E-state index in [9.17, 15) is 4.79 Å². The van der Waals surface area contributed by atoms with Crippen LogP contribution in [0.4, 0.5) is 0 Å². The number of carbonyl (C=O) groups is 1. The van der Waals surface area contributed by atoms with Gasteiger partial charge in [-0.3, -0.25) is 9.69 Å². The average Bonchev–Trinajstić information content (AvgIpc) is 2.76. The number of ketones is 1. The van der Waals surface area contributed by atoms with E-state index >= 15 is 0 Å². The second kappa shape index (κ2) is 5.61. The van der Waals surface area contributed by atoms with Crippen molar-refractivity contribution >= 4 is 17.4 Å². The van der Waals surface area contributed by atoms with Crippen LogP contribution in [-0.4, -0.2) is 42.5 Å². The summed E-state index contributed by atoms with van der Waals surface area (Å²) in [7, 11) is 0. The number of fused-ring (bicyclic) bond motifs is 2. The first-order valence-corrected chi connectivity index (χ1v) is 7.26. The lowest BCUT2D eigenvalue weighted by Gasteiger charge is -2.31. The molecule has 102 valence electrons. The minimum atomic E-state index is 0.129. The molecule has 2 unspecified atom stereocenters. The zero-order valence-electron chi connectivity index (χ0n) is 10.8. The maximum absolute atomic E-state index is 12.1. The third-order valence-corrected chi connectivity index (χ3v) is 4.28. The van der Waals surface area contributed by atoms with Crippen LogP contribution in [0, 0.1) is 0 Å². The van der Waals surface area contributed by atoms with E-state index in [1.807, 2.05) is 12.1 Å². The van der Waals surface area contributed by atoms with Crippen LogP contribution in [0.25, 0.3) is 0 Å². The van der Waals surface area contributed by atoms with Gasteiger partial charge in [0.25, 0.3) is 0 Å². The largest absolute Gasteiger partial charge is 0.372 e. The van der Waals surface area contributed by atoms with Gasteiger partial charge in [0.2, 0.25) is 0 Å². The Morgan fingerprint density at radius 2 is 1.95 bits per heavy atom. The van der Waals surface area contributed by atoms with Gasteiger partial charge in [-0.1, -0.05) is 23.7 Å². The van der Waals surface area contributed by atoms with E-state index in [2.05, 4.69) is 4.90 Å². The Labute approximate surface area is 118 Å². The Morgan fingerprint density at radius 3 is 2.63 bits per heavy atom. The fourth-order valence-corrected chi connectivity index (χ4v) is 3.20. The van der Waals surface area contributed by atoms with Crippen molar-refractivity contribution in [1.29, 1.82) is 0 Å². The van der Waals surface area contributed by atoms with E-state index < -0.39 is 0 Å². The molecule has 3 nitrogen and oxygen atoms in total. The number of nitrogens with zero attached hydrogens (tertiary/aromatic N) is 1. The topological polar surface area (TPSA) is 29.5 Å². The van der Waals surface area contributed by atoms with Gasteiger partial charge in [-0.2, -0.15) is 0 Å². The van der Waals surface area contributed by atoms with Gasteiger partial charge in [0.1, 0.15) is 0 Å². The molecule has 2 bridgehead atoms. The van der Waals surface area contributed by atoms with Crippen LogP contribution in [-0.2, 0) is 4.74 Å². The molecule has 1 aromatic carbocycles. The van der Waals surface area contributed by atoms with Gasteiger partial charge in [0.15, 0.2) is 5.78 Å². The van der Waals surface area contributed by atoms with Gasteiger partial charge in [0, 0.05) is 31.6 Å². The summed E-state index contributed by atoms with van der Waals surface area (Å²) >= 11 is 6.04. The summed E-state index contributed by atoms with van der Waals surface area (Å²) in [5.74, 6) is 0.129. The van der Waals surface area contributed by atoms with Crippen LogP contribution in [0.1, 0.15) is 29.6 Å². The predicted octanol–water partition coefficient (Wildman–Crippen LogP) is 2.78. The molecule has 0 aliphatic carbocycles. The number of rotatable bonds is 4. The molecular formula is C15H18ClNO2. The van der Waals surface area contributed by atoms with Crippen LogP contribution in [0.2, 0.25) is 5.02 Å². The summed E-state index contributed by atoms with van der Waals surface area (Å²) in [5, 5.41) is 0.551. The Morgan fingerprint density at radius 1 is 1.26 bits per heavy atom. The van der Waals surface area contributed by atoms with E-state index in [1.165, 1.54) is 12.8 Å². The van der Waals surface area contributed by atoms with Crippen LogP contribution in [0.5, 0.6) is 0 Å². The Balaban J connectivity index is 1.55. The van der Waals surface area contributed by atoms with Crippen molar-refractivity contribution in [3.05, 3.63) is 34.9 Å². The van der Waals surface area contributed by atoms with Crippen LogP contribution < -0.4 is 0 Å². The smallest absolute Gasteiger partial charge is 0.165 e. The lowest BCUT2D eigenvalue weighted by Crippen LogP contribution is -2.43. The summed E-state index contributed by atoms with van der Waals surface area (Å²) in [6, 6.07) is 7.27. The number of halogens is 1. The molecule has 2 aliphatic rings. The molecule has 2 saturated heterocycles. The molecule has 4 heteroatoms. The fraction of sp³-hybridized carbons (Fsp3) is 0.533. The first-order chi connectivity index (χ1) is 9.22. The van der Waals surface area contributed by atoms with Crippen molar-refractivity contribution in [2.45, 2.75) is 31.5 Å². The number of Topliss-reactive ketones (excluding diaryl/α,β-unsaturated/α-hetero) is 1. The molecule has 0 aromatic heterocycles. The third-order valence-electron chi connectivity index (χ3n) is 3.95. The summed E-state index contributed by atoms with van der Waals surface area (Å²) in [6.45, 7) is 2.74. The zero-order valence-corrected chi connectivity index (χ0v) is 11.6. The van der Waals surface area contributed by atoms with Gasteiger partial charge < -0.3 is 4.74 Å². The van der Waals surface area contributed by atoms with Crippen molar-refractivity contribution in [3.8, 4) is 0 Å². The monoisotopic (exact) mass is 279 g/mol. The average molecular weight is 280 g/mol. The van der Waals surface area contributed by atoms with Gasteiger partial charge in [0.05, 0.1) is 17.2 Å². The van der Waals surface area contributed by atoms with Gasteiger partial charge >= 0.3 is 0 Å². The number of morpholine rings is 1. The van der Waals surface area contributed by atoms with Gasteiger partial charge in [-0.25, -0.2) is 0 Å². The first kappa shape index (κ1) is 13.1. The molecule has 19 heavy (non-hydrogen) atoms. The van der Waals surface area contributed by atoms with E-state index in [4.69, 9.17) is 16.3 Å². The molecule has 0 amide bonds. The number of benzene rings is 1. The lowest BCUT2D eigenvalue weighted by atomic mass is 10.1. The highest BCUT2D eigenvalue weighted by molar-refractivity contribution is 6.33. The lowest BCUT2D eigenvalue weighted by molar-refractivity contribution is -0.0379. The minimum absolute atomic E-state index is 0.129. The first-order valence-electron chi connectivity index (χ1n) is 6.88. The predicted molar refractivity (Wildman–Crippen MR) is 74.7 cm³/mol. The maximum Gasteiger partial charge on any atom is 0.165 e. The molecule has 2 fully saturated rings. The molecule has 0 saturated carbocycles. The highest BCUT2D eigenvalue weighted by Gasteiger charge is 2.33. The molecule has 2 heterocycles. The van der Waals surface area contributed by atoms with Crippen molar-refractivity contribution in [3.63, 3.8) is 0 Å². The summed E-state index contributed by atoms with van der Waals surface area (Å²) in [5.41, 5.74) is 0.639. The number of ether oxygens (including phenoxy) is 1. The molecule has 1 aromatic rings. The van der Waals surface area contributed by atoms with Gasteiger partial charge in [-0.15, -0.1) is 0 Å². The highest BCUT2D eigenvalue weighted by atomic mass is 35.5. The Hall–Kier alpha value is -0.900. The van der Waals surface area contributed by atoms with E-state index in [1.54, 1.807) is 12.1 Å². The van der Waals surface area contributed by atoms with Gasteiger partial charge in [-0.05, 0) is 25.0 Å². The van der Waals surface area contributed by atoms with E-state index in [-0.39, 0.29) is 5.78 Å². The van der Waals surface area contributed by atoms with Crippen molar-refractivity contribution in [2.24, 2.45) is 0 Å².